The molecule has 2 aromatic carbocycles. The summed E-state index contributed by atoms with van der Waals surface area (Å²) in [6.45, 7) is 4.36. The molecule has 0 aromatic heterocycles. The van der Waals surface area contributed by atoms with Crippen molar-refractivity contribution in [2.45, 2.75) is 57.9 Å². The number of unbranched alkanes of at least 4 members (excludes halogenated alkanes) is 1. The minimum atomic E-state index is -0.672. The van der Waals surface area contributed by atoms with Gasteiger partial charge >= 0.3 is 6.03 Å². The van der Waals surface area contributed by atoms with Crippen LogP contribution in [0.4, 0.5) is 9.18 Å². The largest absolute Gasteiger partial charge is 0.497 e. The molecule has 2 aliphatic rings. The van der Waals surface area contributed by atoms with E-state index in [4.69, 9.17) is 4.74 Å². The van der Waals surface area contributed by atoms with E-state index in [-0.39, 0.29) is 42.8 Å². The Hall–Kier alpha value is -3.66. The first-order valence-electron chi connectivity index (χ1n) is 13.0. The van der Waals surface area contributed by atoms with Crippen LogP contribution < -0.4 is 10.1 Å². The number of nitrogens with zero attached hydrogens (tertiary/aromatic N) is 4. The van der Waals surface area contributed by atoms with E-state index in [1.54, 1.807) is 46.1 Å². The lowest BCUT2D eigenvalue weighted by molar-refractivity contribution is -0.189. The molecule has 0 spiro atoms. The zero-order chi connectivity index (χ0) is 27.4. The molecular formula is C28H36FN5O4. The van der Waals surface area contributed by atoms with Crippen LogP contribution in [-0.4, -0.2) is 77.1 Å². The molecule has 1 N–H and O–H groups in total. The van der Waals surface area contributed by atoms with Crippen molar-refractivity contribution in [3.8, 4) is 5.75 Å². The maximum absolute atomic E-state index is 13.7. The van der Waals surface area contributed by atoms with Crippen molar-refractivity contribution < 1.29 is 23.5 Å². The summed E-state index contributed by atoms with van der Waals surface area (Å²) < 4.78 is 18.8. The highest BCUT2D eigenvalue weighted by atomic mass is 19.1. The topological polar surface area (TPSA) is 85.4 Å². The van der Waals surface area contributed by atoms with E-state index < -0.39 is 12.2 Å². The molecule has 0 radical (unpaired) electrons. The second-order valence-electron chi connectivity index (χ2n) is 9.82. The van der Waals surface area contributed by atoms with Gasteiger partial charge in [0.05, 0.1) is 26.2 Å². The zero-order valence-electron chi connectivity index (χ0n) is 22.4. The molecule has 0 aliphatic carbocycles. The lowest BCUT2D eigenvalue weighted by atomic mass is 9.98. The number of piperazine rings is 1. The highest BCUT2D eigenvalue weighted by Gasteiger charge is 2.51. The maximum Gasteiger partial charge on any atom is 0.334 e. The average molecular weight is 526 g/mol. The Morgan fingerprint density at radius 1 is 1.13 bits per heavy atom. The predicted molar refractivity (Wildman–Crippen MR) is 140 cm³/mol. The normalized spacial score (nSPS) is 20.8. The van der Waals surface area contributed by atoms with Gasteiger partial charge in [-0.3, -0.25) is 9.59 Å². The Morgan fingerprint density at radius 2 is 1.82 bits per heavy atom. The van der Waals surface area contributed by atoms with Crippen molar-refractivity contribution in [1.82, 2.24) is 25.1 Å². The highest BCUT2D eigenvalue weighted by molar-refractivity contribution is 5.91. The van der Waals surface area contributed by atoms with E-state index in [2.05, 4.69) is 5.32 Å². The van der Waals surface area contributed by atoms with Gasteiger partial charge < -0.3 is 19.9 Å². The third-order valence-electron chi connectivity index (χ3n) is 7.35. The number of amides is 4. The first-order valence-corrected chi connectivity index (χ1v) is 13.0. The molecule has 10 heteroatoms. The second-order valence-corrected chi connectivity index (χ2v) is 9.82. The standard InChI is InChI=1S/C28H36FN5O4/c1-5-6-7-24-27(36)32(19(2)21-10-12-22(29)13-11-21)17-25-33(24)26(35)18-31(3)34(25)28(37)30-16-20-8-14-23(38-4)15-9-20/h8-15,19,24-25H,5-7,16-18H2,1-4H3,(H,30,37). The minimum Gasteiger partial charge on any atom is -0.497 e. The number of benzene rings is 2. The third-order valence-corrected chi connectivity index (χ3v) is 7.35. The number of halogens is 1. The monoisotopic (exact) mass is 525 g/mol. The third kappa shape index (κ3) is 5.60. The summed E-state index contributed by atoms with van der Waals surface area (Å²) in [5.74, 6) is 0.0470. The molecule has 3 atom stereocenters. The van der Waals surface area contributed by atoms with Crippen molar-refractivity contribution in [1.29, 1.82) is 0 Å². The quantitative estimate of drug-likeness (QED) is 0.570. The van der Waals surface area contributed by atoms with E-state index in [0.717, 1.165) is 29.7 Å². The second kappa shape index (κ2) is 11.8. The van der Waals surface area contributed by atoms with Gasteiger partial charge in [-0.25, -0.2) is 19.2 Å². The molecule has 2 aromatic rings. The summed E-state index contributed by atoms with van der Waals surface area (Å²) >= 11 is 0. The Balaban J connectivity index is 1.60. The highest BCUT2D eigenvalue weighted by Crippen LogP contribution is 2.33. The molecule has 2 fully saturated rings. The van der Waals surface area contributed by atoms with Crippen LogP contribution in [0.1, 0.15) is 50.3 Å². The number of urea groups is 1. The number of carbonyl (C=O) groups is 3. The molecule has 0 saturated carbocycles. The first-order chi connectivity index (χ1) is 18.2. The first kappa shape index (κ1) is 27.4. The fourth-order valence-electron chi connectivity index (χ4n) is 5.21. The fourth-order valence-corrected chi connectivity index (χ4v) is 5.21. The van der Waals surface area contributed by atoms with Gasteiger partial charge in [-0.1, -0.05) is 44.0 Å². The van der Waals surface area contributed by atoms with Gasteiger partial charge in [0.15, 0.2) is 0 Å². The zero-order valence-corrected chi connectivity index (χ0v) is 22.4. The van der Waals surface area contributed by atoms with Crippen molar-refractivity contribution in [3.63, 3.8) is 0 Å². The van der Waals surface area contributed by atoms with Crippen LogP contribution in [0.15, 0.2) is 48.5 Å². The van der Waals surface area contributed by atoms with Crippen LogP contribution in [0.2, 0.25) is 0 Å². The molecule has 2 saturated heterocycles. The van der Waals surface area contributed by atoms with Crippen molar-refractivity contribution >= 4 is 17.8 Å². The molecule has 2 heterocycles. The van der Waals surface area contributed by atoms with Crippen LogP contribution in [0.25, 0.3) is 0 Å². The summed E-state index contributed by atoms with van der Waals surface area (Å²) in [4.78, 5) is 43.8. The molecule has 0 bridgehead atoms. The maximum atomic E-state index is 13.7. The number of likely N-dealkylation sites (N-methyl/N-ethyl adjacent to an activating group) is 1. The Morgan fingerprint density at radius 3 is 2.45 bits per heavy atom. The number of rotatable bonds is 8. The van der Waals surface area contributed by atoms with Gasteiger partial charge in [0.1, 0.15) is 23.8 Å². The van der Waals surface area contributed by atoms with Crippen LogP contribution >= 0.6 is 0 Å². The molecule has 38 heavy (non-hydrogen) atoms. The summed E-state index contributed by atoms with van der Waals surface area (Å²) in [6, 6.07) is 12.1. The molecule has 4 amide bonds. The number of hydrazine groups is 1. The Labute approximate surface area is 223 Å². The smallest absolute Gasteiger partial charge is 0.334 e. The summed E-state index contributed by atoms with van der Waals surface area (Å²) in [6.07, 6.45) is 1.48. The summed E-state index contributed by atoms with van der Waals surface area (Å²) in [5.41, 5.74) is 1.69. The van der Waals surface area contributed by atoms with E-state index in [9.17, 15) is 18.8 Å². The van der Waals surface area contributed by atoms with Gasteiger partial charge in [-0.15, -0.1) is 0 Å². The number of carbonyl (C=O) groups excluding carboxylic acids is 3. The van der Waals surface area contributed by atoms with Gasteiger partial charge in [0.25, 0.3) is 0 Å². The van der Waals surface area contributed by atoms with Crippen LogP contribution in [0.5, 0.6) is 5.75 Å². The van der Waals surface area contributed by atoms with Crippen LogP contribution in [0, 0.1) is 5.82 Å². The molecule has 9 nitrogen and oxygen atoms in total. The van der Waals surface area contributed by atoms with Crippen LogP contribution in [-0.2, 0) is 16.1 Å². The molecule has 204 valence electrons. The SMILES string of the molecule is CCCCC1C(=O)N(C(C)c2ccc(F)cc2)CC2N1C(=O)CN(C)N2C(=O)NCc1ccc(OC)cc1. The Kier molecular flexibility index (Phi) is 8.51. The van der Waals surface area contributed by atoms with Crippen molar-refractivity contribution in [2.75, 3.05) is 27.2 Å². The molecule has 3 unspecified atom stereocenters. The summed E-state index contributed by atoms with van der Waals surface area (Å²) in [5, 5.41) is 6.11. The predicted octanol–water partition coefficient (Wildman–Crippen LogP) is 3.52. The van der Waals surface area contributed by atoms with Gasteiger partial charge in [-0.05, 0) is 48.7 Å². The van der Waals surface area contributed by atoms with Crippen LogP contribution in [0.3, 0.4) is 0 Å². The van der Waals surface area contributed by atoms with Gasteiger partial charge in [0.2, 0.25) is 11.8 Å². The summed E-state index contributed by atoms with van der Waals surface area (Å²) in [7, 11) is 3.30. The number of ether oxygens (including phenoxy) is 1. The lowest BCUT2D eigenvalue weighted by Gasteiger charge is -2.55. The van der Waals surface area contributed by atoms with Crippen molar-refractivity contribution in [2.24, 2.45) is 0 Å². The number of fused-ring (bicyclic) bond motifs is 1. The number of methoxy groups -OCH3 is 1. The number of nitrogens with one attached hydrogen (secondary N) is 1. The molecular weight excluding hydrogens is 489 g/mol. The lowest BCUT2D eigenvalue weighted by Crippen LogP contribution is -2.76. The average Bonchev–Trinajstić information content (AvgIpc) is 2.91. The molecule has 4 rings (SSSR count). The number of hydrogen-bond donors (Lipinski definition) is 1. The molecule has 2 aliphatic heterocycles. The van der Waals surface area contributed by atoms with Crippen molar-refractivity contribution in [3.05, 3.63) is 65.5 Å². The van der Waals surface area contributed by atoms with E-state index in [1.807, 2.05) is 38.1 Å². The number of hydrogen-bond acceptors (Lipinski definition) is 5. The van der Waals surface area contributed by atoms with Gasteiger partial charge in [-0.2, -0.15) is 0 Å². The van der Waals surface area contributed by atoms with E-state index in [0.29, 0.717) is 13.0 Å². The minimum absolute atomic E-state index is 0.00409. The van der Waals surface area contributed by atoms with E-state index in [1.165, 1.54) is 12.1 Å². The Bertz CT molecular complexity index is 1140. The van der Waals surface area contributed by atoms with E-state index >= 15 is 0 Å². The van der Waals surface area contributed by atoms with Gasteiger partial charge in [0, 0.05) is 13.6 Å². The fraction of sp³-hybridized carbons (Fsp3) is 0.464.